The molecule has 0 bridgehead atoms. The first-order valence-corrected chi connectivity index (χ1v) is 7.82. The first-order chi connectivity index (χ1) is 11.2. The lowest BCUT2D eigenvalue weighted by Gasteiger charge is -2.09. The van der Waals surface area contributed by atoms with Gasteiger partial charge in [0.05, 0.1) is 0 Å². The Kier molecular flexibility index (Phi) is 4.37. The molecule has 1 aliphatic rings. The molecule has 2 amide bonds. The molecule has 0 spiro atoms. The smallest absolute Gasteiger partial charge is 0.256 e. The summed E-state index contributed by atoms with van der Waals surface area (Å²) in [6.07, 6.45) is 6.19. The molecule has 1 aromatic carbocycles. The molecule has 0 radical (unpaired) electrons. The summed E-state index contributed by atoms with van der Waals surface area (Å²) in [4.78, 5) is 28.3. The van der Waals surface area contributed by atoms with E-state index in [1.54, 1.807) is 42.7 Å². The topological polar surface area (TPSA) is 71.1 Å². The number of nitrogens with zero attached hydrogens (tertiary/aromatic N) is 1. The Morgan fingerprint density at radius 1 is 1.13 bits per heavy atom. The van der Waals surface area contributed by atoms with Crippen molar-refractivity contribution >= 4 is 17.5 Å². The number of benzene rings is 1. The molecule has 1 aromatic heterocycles. The van der Waals surface area contributed by atoms with Crippen LogP contribution in [0.25, 0.3) is 0 Å². The highest BCUT2D eigenvalue weighted by molar-refractivity contribution is 6.05. The van der Waals surface area contributed by atoms with E-state index in [1.807, 2.05) is 6.92 Å². The average Bonchev–Trinajstić information content (AvgIpc) is 3.39. The van der Waals surface area contributed by atoms with E-state index in [9.17, 15) is 9.59 Å². The van der Waals surface area contributed by atoms with E-state index < -0.39 is 0 Å². The van der Waals surface area contributed by atoms with Crippen molar-refractivity contribution in [3.63, 3.8) is 0 Å². The van der Waals surface area contributed by atoms with Gasteiger partial charge in [0.25, 0.3) is 11.8 Å². The lowest BCUT2D eigenvalue weighted by Crippen LogP contribution is -2.25. The first-order valence-electron chi connectivity index (χ1n) is 7.82. The van der Waals surface area contributed by atoms with Crippen molar-refractivity contribution in [3.05, 3.63) is 59.4 Å². The molecule has 1 fully saturated rings. The highest BCUT2D eigenvalue weighted by atomic mass is 16.2. The van der Waals surface area contributed by atoms with Crippen LogP contribution >= 0.6 is 0 Å². The van der Waals surface area contributed by atoms with Crippen molar-refractivity contribution in [3.8, 4) is 0 Å². The number of pyridine rings is 1. The Hall–Kier alpha value is -2.69. The fourth-order valence-electron chi connectivity index (χ4n) is 2.33. The molecular formula is C18H19N3O2. The predicted octanol–water partition coefficient (Wildman–Crippen LogP) is 2.79. The SMILES string of the molecule is CCc1cnccc1C(=O)Nc1ccc(C(=O)NC2CC2)cc1. The van der Waals surface area contributed by atoms with Gasteiger partial charge in [-0.15, -0.1) is 0 Å². The Morgan fingerprint density at radius 2 is 1.87 bits per heavy atom. The molecule has 5 heteroatoms. The van der Waals surface area contributed by atoms with E-state index >= 15 is 0 Å². The van der Waals surface area contributed by atoms with E-state index in [0.29, 0.717) is 22.9 Å². The first kappa shape index (κ1) is 15.2. The van der Waals surface area contributed by atoms with Gasteiger partial charge in [-0.1, -0.05) is 6.92 Å². The predicted molar refractivity (Wildman–Crippen MR) is 88.5 cm³/mol. The van der Waals surface area contributed by atoms with Crippen LogP contribution < -0.4 is 10.6 Å². The lowest BCUT2D eigenvalue weighted by molar-refractivity contribution is 0.0950. The Labute approximate surface area is 135 Å². The molecule has 1 aliphatic carbocycles. The summed E-state index contributed by atoms with van der Waals surface area (Å²) in [5.41, 5.74) is 2.80. The molecule has 118 valence electrons. The fourth-order valence-corrected chi connectivity index (χ4v) is 2.33. The summed E-state index contributed by atoms with van der Waals surface area (Å²) < 4.78 is 0. The summed E-state index contributed by atoms with van der Waals surface area (Å²) in [5, 5.41) is 5.79. The summed E-state index contributed by atoms with van der Waals surface area (Å²) in [5.74, 6) is -0.229. The summed E-state index contributed by atoms with van der Waals surface area (Å²) in [6, 6.07) is 8.98. The number of anilines is 1. The van der Waals surface area contributed by atoms with Crippen LogP contribution in [0.2, 0.25) is 0 Å². The van der Waals surface area contributed by atoms with Gasteiger partial charge in [-0.3, -0.25) is 14.6 Å². The van der Waals surface area contributed by atoms with Crippen LogP contribution in [-0.2, 0) is 6.42 Å². The van der Waals surface area contributed by atoms with E-state index in [4.69, 9.17) is 0 Å². The van der Waals surface area contributed by atoms with Gasteiger partial charge in [-0.05, 0) is 55.2 Å². The Bertz CT molecular complexity index is 721. The number of aryl methyl sites for hydroxylation is 1. The molecule has 2 aromatic rings. The third kappa shape index (κ3) is 3.74. The molecule has 1 heterocycles. The summed E-state index contributed by atoms with van der Waals surface area (Å²) in [6.45, 7) is 1.99. The summed E-state index contributed by atoms with van der Waals surface area (Å²) >= 11 is 0. The molecule has 0 aliphatic heterocycles. The number of nitrogens with one attached hydrogen (secondary N) is 2. The van der Waals surface area contributed by atoms with Crippen LogP contribution in [0.4, 0.5) is 5.69 Å². The largest absolute Gasteiger partial charge is 0.349 e. The van der Waals surface area contributed by atoms with Crippen molar-refractivity contribution in [1.29, 1.82) is 0 Å². The molecule has 0 atom stereocenters. The van der Waals surface area contributed by atoms with Gasteiger partial charge < -0.3 is 10.6 Å². The zero-order valence-electron chi connectivity index (χ0n) is 13.0. The van der Waals surface area contributed by atoms with Gasteiger partial charge in [-0.2, -0.15) is 0 Å². The van der Waals surface area contributed by atoms with Crippen molar-refractivity contribution in [2.24, 2.45) is 0 Å². The monoisotopic (exact) mass is 309 g/mol. The normalized spacial score (nSPS) is 13.4. The highest BCUT2D eigenvalue weighted by Gasteiger charge is 2.23. The Morgan fingerprint density at radius 3 is 2.52 bits per heavy atom. The van der Waals surface area contributed by atoms with Gasteiger partial charge in [0, 0.05) is 35.2 Å². The van der Waals surface area contributed by atoms with Crippen molar-refractivity contribution in [2.75, 3.05) is 5.32 Å². The number of hydrogen-bond acceptors (Lipinski definition) is 3. The quantitative estimate of drug-likeness (QED) is 0.892. The maximum atomic E-state index is 12.3. The van der Waals surface area contributed by atoms with Crippen molar-refractivity contribution < 1.29 is 9.59 Å². The van der Waals surface area contributed by atoms with Crippen LogP contribution in [0.3, 0.4) is 0 Å². The van der Waals surface area contributed by atoms with Crippen LogP contribution in [0.1, 0.15) is 46.0 Å². The molecular weight excluding hydrogens is 290 g/mol. The average molecular weight is 309 g/mol. The zero-order valence-corrected chi connectivity index (χ0v) is 13.0. The van der Waals surface area contributed by atoms with Crippen LogP contribution in [0.5, 0.6) is 0 Å². The second-order valence-corrected chi connectivity index (χ2v) is 5.67. The van der Waals surface area contributed by atoms with Gasteiger partial charge in [0.1, 0.15) is 0 Å². The zero-order chi connectivity index (χ0) is 16.2. The van der Waals surface area contributed by atoms with Gasteiger partial charge in [0.2, 0.25) is 0 Å². The van der Waals surface area contributed by atoms with E-state index in [1.165, 1.54) is 0 Å². The number of rotatable bonds is 5. The van der Waals surface area contributed by atoms with E-state index in [0.717, 1.165) is 24.8 Å². The molecule has 0 saturated heterocycles. The molecule has 2 N–H and O–H groups in total. The second-order valence-electron chi connectivity index (χ2n) is 5.67. The second kappa shape index (κ2) is 6.60. The molecule has 3 rings (SSSR count). The lowest BCUT2D eigenvalue weighted by atomic mass is 10.1. The van der Waals surface area contributed by atoms with Gasteiger partial charge >= 0.3 is 0 Å². The maximum Gasteiger partial charge on any atom is 0.256 e. The Balaban J connectivity index is 1.67. The van der Waals surface area contributed by atoms with E-state index in [-0.39, 0.29) is 11.8 Å². The standard InChI is InChI=1S/C18H19N3O2/c1-2-12-11-19-10-9-16(12)18(23)21-14-5-3-13(4-6-14)17(22)20-15-7-8-15/h3-6,9-11,15H,2,7-8H2,1H3,(H,20,22)(H,21,23). The van der Waals surface area contributed by atoms with Crippen LogP contribution in [0.15, 0.2) is 42.7 Å². The number of carbonyl (C=O) groups is 2. The minimum atomic E-state index is -0.167. The minimum absolute atomic E-state index is 0.0622. The van der Waals surface area contributed by atoms with Crippen LogP contribution in [-0.4, -0.2) is 22.8 Å². The van der Waals surface area contributed by atoms with Crippen LogP contribution in [0, 0.1) is 0 Å². The number of hydrogen-bond donors (Lipinski definition) is 2. The number of amides is 2. The number of carbonyl (C=O) groups excluding carboxylic acids is 2. The van der Waals surface area contributed by atoms with Crippen molar-refractivity contribution in [2.45, 2.75) is 32.2 Å². The molecule has 0 unspecified atom stereocenters. The maximum absolute atomic E-state index is 12.3. The fraction of sp³-hybridized carbons (Fsp3) is 0.278. The van der Waals surface area contributed by atoms with Crippen molar-refractivity contribution in [1.82, 2.24) is 10.3 Å². The number of aromatic nitrogens is 1. The third-order valence-electron chi connectivity index (χ3n) is 3.85. The molecule has 1 saturated carbocycles. The summed E-state index contributed by atoms with van der Waals surface area (Å²) in [7, 11) is 0. The molecule has 23 heavy (non-hydrogen) atoms. The van der Waals surface area contributed by atoms with Gasteiger partial charge in [0.15, 0.2) is 0 Å². The highest BCUT2D eigenvalue weighted by Crippen LogP contribution is 2.20. The molecule has 5 nitrogen and oxygen atoms in total. The van der Waals surface area contributed by atoms with E-state index in [2.05, 4.69) is 15.6 Å². The third-order valence-corrected chi connectivity index (χ3v) is 3.85. The van der Waals surface area contributed by atoms with Gasteiger partial charge in [-0.25, -0.2) is 0 Å². The minimum Gasteiger partial charge on any atom is -0.349 e.